The third-order valence-corrected chi connectivity index (χ3v) is 8.13. The number of allylic oxidation sites excluding steroid dienone is 1. The van der Waals surface area contributed by atoms with Gasteiger partial charge < -0.3 is 23.5 Å². The van der Waals surface area contributed by atoms with Gasteiger partial charge in [0.05, 0.1) is 42.7 Å². The van der Waals surface area contributed by atoms with Gasteiger partial charge in [-0.1, -0.05) is 41.7 Å². The molecule has 0 amide bonds. The van der Waals surface area contributed by atoms with E-state index in [4.69, 9.17) is 23.6 Å². The van der Waals surface area contributed by atoms with Crippen LogP contribution in [0.25, 0.3) is 16.8 Å². The van der Waals surface area contributed by atoms with E-state index in [1.165, 1.54) is 11.3 Å². The molecule has 0 unspecified atom stereocenters. The Hall–Kier alpha value is -4.15. The topological polar surface area (TPSA) is 95.5 Å². The van der Waals surface area contributed by atoms with E-state index in [2.05, 4.69) is 4.90 Å². The summed E-state index contributed by atoms with van der Waals surface area (Å²) in [6.07, 6.45) is 1.73. The number of benzene rings is 2. The zero-order valence-electron chi connectivity index (χ0n) is 22.5. The number of esters is 1. The fourth-order valence-electron chi connectivity index (χ4n) is 5.30. The zero-order chi connectivity index (χ0) is 27.8. The number of furan rings is 1. The van der Waals surface area contributed by atoms with Crippen LogP contribution in [0, 0.1) is 0 Å². The highest BCUT2D eigenvalue weighted by molar-refractivity contribution is 7.07. The molecule has 0 saturated carbocycles. The standard InChI is InChI=1S/C30H29N3O6S/c1-4-38-29(35)25-18(2)31-30-33(27(25)26-21-8-6-5-7-19(21)9-11-22(26)36-3)28(34)23(40-30)17-20-10-12-24(39-20)32-13-15-37-16-14-32/h5-12,17,27H,4,13-16H2,1-3H3/t27-/m0/s1. The lowest BCUT2D eigenvalue weighted by Crippen LogP contribution is -2.40. The molecule has 1 fully saturated rings. The number of rotatable bonds is 6. The van der Waals surface area contributed by atoms with Crippen LogP contribution in [0.2, 0.25) is 0 Å². The lowest BCUT2D eigenvalue weighted by atomic mass is 9.90. The Balaban J connectivity index is 1.55. The molecule has 0 bridgehead atoms. The normalized spacial score (nSPS) is 17.6. The number of hydrogen-bond acceptors (Lipinski definition) is 9. The van der Waals surface area contributed by atoms with E-state index in [-0.39, 0.29) is 12.2 Å². The molecule has 0 aliphatic carbocycles. The van der Waals surface area contributed by atoms with Crippen molar-refractivity contribution in [2.75, 3.05) is 44.9 Å². The molecule has 2 aliphatic rings. The summed E-state index contributed by atoms with van der Waals surface area (Å²) in [6.45, 7) is 6.52. The van der Waals surface area contributed by atoms with Gasteiger partial charge in [-0.25, -0.2) is 9.79 Å². The molecule has 2 aromatic carbocycles. The minimum Gasteiger partial charge on any atom is -0.496 e. The van der Waals surface area contributed by atoms with E-state index >= 15 is 0 Å². The van der Waals surface area contributed by atoms with E-state index in [9.17, 15) is 9.59 Å². The molecule has 0 spiro atoms. The van der Waals surface area contributed by atoms with Crippen LogP contribution in [0.4, 0.5) is 5.88 Å². The molecule has 6 rings (SSSR count). The first kappa shape index (κ1) is 26.1. The van der Waals surface area contributed by atoms with Crippen LogP contribution in [0.1, 0.15) is 31.2 Å². The molecule has 0 N–H and O–H groups in total. The van der Waals surface area contributed by atoms with E-state index in [0.29, 0.717) is 50.9 Å². The summed E-state index contributed by atoms with van der Waals surface area (Å²) >= 11 is 1.26. The van der Waals surface area contributed by atoms with Crippen molar-refractivity contribution in [2.45, 2.75) is 19.9 Å². The third kappa shape index (κ3) is 4.52. The number of morpholine rings is 1. The molecule has 206 valence electrons. The quantitative estimate of drug-likeness (QED) is 0.334. The first-order valence-electron chi connectivity index (χ1n) is 13.2. The number of nitrogens with zero attached hydrogens (tertiary/aromatic N) is 3. The lowest BCUT2D eigenvalue weighted by Gasteiger charge is -2.27. The molecule has 4 heterocycles. The number of thiazole rings is 1. The summed E-state index contributed by atoms with van der Waals surface area (Å²) in [5, 5.41) is 1.84. The average molecular weight is 560 g/mol. The lowest BCUT2D eigenvalue weighted by molar-refractivity contribution is -0.139. The van der Waals surface area contributed by atoms with Crippen LogP contribution < -0.4 is 24.5 Å². The monoisotopic (exact) mass is 559 g/mol. The van der Waals surface area contributed by atoms with Gasteiger partial charge in [0.1, 0.15) is 17.6 Å². The van der Waals surface area contributed by atoms with Crippen molar-refractivity contribution in [2.24, 2.45) is 4.99 Å². The van der Waals surface area contributed by atoms with Crippen molar-refractivity contribution in [3.8, 4) is 5.75 Å². The Bertz CT molecular complexity index is 1810. The van der Waals surface area contributed by atoms with Crippen LogP contribution in [-0.2, 0) is 14.3 Å². The maximum absolute atomic E-state index is 14.1. The maximum Gasteiger partial charge on any atom is 0.338 e. The molecular formula is C30H29N3O6S. The summed E-state index contributed by atoms with van der Waals surface area (Å²) in [4.78, 5) is 34.7. The average Bonchev–Trinajstić information content (AvgIpc) is 3.56. The molecular weight excluding hydrogens is 530 g/mol. The van der Waals surface area contributed by atoms with Crippen LogP contribution >= 0.6 is 11.3 Å². The van der Waals surface area contributed by atoms with Crippen molar-refractivity contribution in [3.05, 3.63) is 90.8 Å². The molecule has 1 atom stereocenters. The Morgan fingerprint density at radius 3 is 2.73 bits per heavy atom. The first-order chi connectivity index (χ1) is 19.5. The molecule has 2 aliphatic heterocycles. The molecule has 4 aromatic rings. The number of methoxy groups -OCH3 is 1. The second-order valence-corrected chi connectivity index (χ2v) is 10.5. The number of aromatic nitrogens is 1. The van der Waals surface area contributed by atoms with Crippen LogP contribution in [0.3, 0.4) is 0 Å². The molecule has 2 aromatic heterocycles. The SMILES string of the molecule is CCOC(=O)C1=C(C)N=c2sc(=Cc3ccc(N4CCOCC4)o3)c(=O)n2[C@@H]1c1c(OC)ccc2ccccc12. The minimum atomic E-state index is -0.793. The van der Waals surface area contributed by atoms with Crippen molar-refractivity contribution in [1.82, 2.24) is 4.57 Å². The van der Waals surface area contributed by atoms with Gasteiger partial charge in [0.25, 0.3) is 5.56 Å². The summed E-state index contributed by atoms with van der Waals surface area (Å²) in [6, 6.07) is 14.6. The largest absolute Gasteiger partial charge is 0.496 e. The molecule has 40 heavy (non-hydrogen) atoms. The zero-order valence-corrected chi connectivity index (χ0v) is 23.3. The minimum absolute atomic E-state index is 0.198. The number of carbonyl (C=O) groups excluding carboxylic acids is 1. The smallest absolute Gasteiger partial charge is 0.338 e. The van der Waals surface area contributed by atoms with Crippen molar-refractivity contribution < 1.29 is 23.4 Å². The highest BCUT2D eigenvalue weighted by Crippen LogP contribution is 2.40. The van der Waals surface area contributed by atoms with Gasteiger partial charge in [0.15, 0.2) is 10.7 Å². The van der Waals surface area contributed by atoms with Crippen molar-refractivity contribution in [1.29, 1.82) is 0 Å². The van der Waals surface area contributed by atoms with Crippen LogP contribution in [0.5, 0.6) is 5.75 Å². The molecule has 10 heteroatoms. The van der Waals surface area contributed by atoms with Gasteiger partial charge in [-0.05, 0) is 36.8 Å². The number of ether oxygens (including phenoxy) is 3. The Morgan fingerprint density at radius 2 is 1.95 bits per heavy atom. The first-order valence-corrected chi connectivity index (χ1v) is 14.0. The fourth-order valence-corrected chi connectivity index (χ4v) is 6.33. The van der Waals surface area contributed by atoms with Gasteiger partial charge in [-0.15, -0.1) is 0 Å². The summed E-state index contributed by atoms with van der Waals surface area (Å²) < 4.78 is 24.8. The van der Waals surface area contributed by atoms with Gasteiger partial charge in [0.2, 0.25) is 0 Å². The van der Waals surface area contributed by atoms with Crippen LogP contribution in [0.15, 0.2) is 74.0 Å². The predicted octanol–water partition coefficient (Wildman–Crippen LogP) is 3.39. The van der Waals surface area contributed by atoms with Gasteiger partial charge in [-0.2, -0.15) is 0 Å². The number of fused-ring (bicyclic) bond motifs is 2. The highest BCUT2D eigenvalue weighted by atomic mass is 32.1. The summed E-state index contributed by atoms with van der Waals surface area (Å²) in [5.41, 5.74) is 1.24. The Labute approximate surface area is 234 Å². The van der Waals surface area contributed by atoms with Crippen LogP contribution in [-0.4, -0.2) is 50.6 Å². The van der Waals surface area contributed by atoms with Gasteiger partial charge >= 0.3 is 5.97 Å². The molecule has 1 saturated heterocycles. The molecule has 0 radical (unpaired) electrons. The second-order valence-electron chi connectivity index (χ2n) is 9.48. The number of carbonyl (C=O) groups is 1. The summed E-state index contributed by atoms with van der Waals surface area (Å²) in [5.74, 6) is 1.35. The van der Waals surface area contributed by atoms with E-state index in [1.54, 1.807) is 31.6 Å². The van der Waals surface area contributed by atoms with E-state index < -0.39 is 12.0 Å². The van der Waals surface area contributed by atoms with E-state index in [1.807, 2.05) is 48.5 Å². The predicted molar refractivity (Wildman–Crippen MR) is 153 cm³/mol. The molecule has 9 nitrogen and oxygen atoms in total. The van der Waals surface area contributed by atoms with Gasteiger partial charge in [0, 0.05) is 30.8 Å². The number of hydrogen-bond donors (Lipinski definition) is 0. The fraction of sp³-hybridized carbons (Fsp3) is 0.300. The summed E-state index contributed by atoms with van der Waals surface area (Å²) in [7, 11) is 1.58. The highest BCUT2D eigenvalue weighted by Gasteiger charge is 2.36. The Kier molecular flexibility index (Phi) is 7.03. The number of anilines is 1. The van der Waals surface area contributed by atoms with E-state index in [0.717, 1.165) is 29.7 Å². The van der Waals surface area contributed by atoms with Gasteiger partial charge in [-0.3, -0.25) is 9.36 Å². The van der Waals surface area contributed by atoms with Crippen molar-refractivity contribution in [3.63, 3.8) is 0 Å². The maximum atomic E-state index is 14.1. The van der Waals surface area contributed by atoms with Crippen molar-refractivity contribution >= 4 is 40.0 Å². The Morgan fingerprint density at radius 1 is 1.15 bits per heavy atom. The third-order valence-electron chi connectivity index (χ3n) is 7.15. The second kappa shape index (κ2) is 10.8.